The second kappa shape index (κ2) is 7.91. The van der Waals surface area contributed by atoms with Crippen LogP contribution in [0.5, 0.6) is 0 Å². The van der Waals surface area contributed by atoms with E-state index in [0.29, 0.717) is 17.5 Å². The maximum absolute atomic E-state index is 12.5. The molecule has 140 valence electrons. The monoisotopic (exact) mass is 363 g/mol. The Hall–Kier alpha value is -2.69. The number of carbonyl (C=O) groups excluding carboxylic acids is 2. The average Bonchev–Trinajstić information content (AvgIpc) is 3.53. The Morgan fingerprint density at radius 2 is 1.74 bits per heavy atom. The van der Waals surface area contributed by atoms with Crippen LogP contribution < -0.4 is 5.32 Å². The van der Waals surface area contributed by atoms with Gasteiger partial charge in [0.1, 0.15) is 0 Å². The van der Waals surface area contributed by atoms with Crippen LogP contribution in [0, 0.1) is 5.92 Å². The van der Waals surface area contributed by atoms with Crippen LogP contribution in [0.1, 0.15) is 52.0 Å². The molecule has 2 aliphatic rings. The van der Waals surface area contributed by atoms with Crippen molar-refractivity contribution in [3.8, 4) is 0 Å². The number of hydrogen-bond donors (Lipinski definition) is 1. The molecule has 4 rings (SSSR count). The van der Waals surface area contributed by atoms with Crippen molar-refractivity contribution in [1.82, 2.24) is 15.2 Å². The Morgan fingerprint density at radius 3 is 2.37 bits per heavy atom. The molecule has 1 aromatic carbocycles. The molecule has 0 radical (unpaired) electrons. The van der Waals surface area contributed by atoms with Gasteiger partial charge in [-0.05, 0) is 67.9 Å². The number of benzene rings is 1. The van der Waals surface area contributed by atoms with E-state index in [1.807, 2.05) is 23.1 Å². The second-order valence-electron chi connectivity index (χ2n) is 7.63. The third-order valence-corrected chi connectivity index (χ3v) is 5.46. The summed E-state index contributed by atoms with van der Waals surface area (Å²) in [5.74, 6) is 0.688. The van der Waals surface area contributed by atoms with Gasteiger partial charge in [-0.2, -0.15) is 0 Å². The van der Waals surface area contributed by atoms with Crippen LogP contribution >= 0.6 is 0 Å². The van der Waals surface area contributed by atoms with Gasteiger partial charge in [0.25, 0.3) is 11.8 Å². The van der Waals surface area contributed by atoms with E-state index in [2.05, 4.69) is 22.4 Å². The Labute approximate surface area is 159 Å². The smallest absolute Gasteiger partial charge is 0.255 e. The molecule has 0 atom stereocenters. The lowest BCUT2D eigenvalue weighted by Gasteiger charge is -2.32. The molecule has 0 bridgehead atoms. The molecular weight excluding hydrogens is 338 g/mol. The number of nitrogens with zero attached hydrogens (tertiary/aromatic N) is 2. The highest BCUT2D eigenvalue weighted by Gasteiger charge is 2.25. The van der Waals surface area contributed by atoms with Crippen LogP contribution in [0.4, 0.5) is 0 Å². The van der Waals surface area contributed by atoms with Gasteiger partial charge in [0.2, 0.25) is 0 Å². The Kier molecular flexibility index (Phi) is 5.19. The van der Waals surface area contributed by atoms with Gasteiger partial charge in [0, 0.05) is 37.1 Å². The van der Waals surface area contributed by atoms with Crippen LogP contribution in [-0.4, -0.2) is 40.8 Å². The zero-order chi connectivity index (χ0) is 18.6. The summed E-state index contributed by atoms with van der Waals surface area (Å²) in [5, 5.41) is 3.02. The summed E-state index contributed by atoms with van der Waals surface area (Å²) in [6, 6.07) is 12.0. The van der Waals surface area contributed by atoms with E-state index in [9.17, 15) is 9.59 Å². The average molecular weight is 363 g/mol. The molecule has 2 heterocycles. The minimum absolute atomic E-state index is 0.0336. The summed E-state index contributed by atoms with van der Waals surface area (Å²) < 4.78 is 0. The quantitative estimate of drug-likeness (QED) is 0.888. The van der Waals surface area contributed by atoms with E-state index < -0.39 is 0 Å². The zero-order valence-electron chi connectivity index (χ0n) is 15.4. The fourth-order valence-electron chi connectivity index (χ4n) is 3.63. The fraction of sp³-hybridized carbons (Fsp3) is 0.409. The number of nitrogens with one attached hydrogen (secondary N) is 1. The van der Waals surface area contributed by atoms with Crippen molar-refractivity contribution in [2.75, 3.05) is 13.1 Å². The molecule has 2 amide bonds. The van der Waals surface area contributed by atoms with Crippen LogP contribution in [0.3, 0.4) is 0 Å². The van der Waals surface area contributed by atoms with Crippen LogP contribution in [0.15, 0.2) is 48.8 Å². The number of hydrogen-bond acceptors (Lipinski definition) is 3. The molecule has 1 aliphatic heterocycles. The standard InChI is InChI=1S/C22H25N3O2/c26-21(24-20-7-8-20)18-5-3-16(4-6-18)14-17-9-12-25(13-10-17)22(27)19-2-1-11-23-15-19/h1-6,11,15,17,20H,7-10,12-14H2,(H,24,26). The van der Waals surface area contributed by atoms with E-state index in [0.717, 1.165) is 50.8 Å². The summed E-state index contributed by atoms with van der Waals surface area (Å²) in [6.45, 7) is 1.58. The van der Waals surface area contributed by atoms with E-state index in [1.165, 1.54) is 5.56 Å². The van der Waals surface area contributed by atoms with Crippen molar-refractivity contribution >= 4 is 11.8 Å². The lowest BCUT2D eigenvalue weighted by molar-refractivity contribution is 0.0690. The van der Waals surface area contributed by atoms with Gasteiger partial charge in [0.05, 0.1) is 5.56 Å². The molecule has 1 N–H and O–H groups in total. The third-order valence-electron chi connectivity index (χ3n) is 5.46. The second-order valence-corrected chi connectivity index (χ2v) is 7.63. The molecule has 1 saturated heterocycles. The maximum atomic E-state index is 12.5. The predicted molar refractivity (Wildman–Crippen MR) is 103 cm³/mol. The first kappa shape index (κ1) is 17.7. The Bertz CT molecular complexity index is 792. The number of aromatic nitrogens is 1. The van der Waals surface area contributed by atoms with E-state index in [1.54, 1.807) is 18.5 Å². The fourth-order valence-corrected chi connectivity index (χ4v) is 3.63. The lowest BCUT2D eigenvalue weighted by atomic mass is 9.89. The topological polar surface area (TPSA) is 62.3 Å². The molecule has 1 aromatic heterocycles. The Balaban J connectivity index is 1.27. The van der Waals surface area contributed by atoms with E-state index >= 15 is 0 Å². The first-order valence-corrected chi connectivity index (χ1v) is 9.78. The number of carbonyl (C=O) groups is 2. The van der Waals surface area contributed by atoms with E-state index in [-0.39, 0.29) is 11.8 Å². The highest BCUT2D eigenvalue weighted by molar-refractivity contribution is 5.94. The number of pyridine rings is 1. The van der Waals surface area contributed by atoms with Crippen molar-refractivity contribution in [1.29, 1.82) is 0 Å². The zero-order valence-corrected chi connectivity index (χ0v) is 15.4. The van der Waals surface area contributed by atoms with Gasteiger partial charge in [-0.3, -0.25) is 14.6 Å². The molecular formula is C22H25N3O2. The van der Waals surface area contributed by atoms with Crippen LogP contribution in [0.25, 0.3) is 0 Å². The third kappa shape index (κ3) is 4.54. The number of likely N-dealkylation sites (tertiary alicyclic amines) is 1. The SMILES string of the molecule is O=C(NC1CC1)c1ccc(CC2CCN(C(=O)c3cccnc3)CC2)cc1. The molecule has 0 unspecified atom stereocenters. The van der Waals surface area contributed by atoms with Crippen molar-refractivity contribution in [2.24, 2.45) is 5.92 Å². The van der Waals surface area contributed by atoms with Gasteiger partial charge < -0.3 is 10.2 Å². The van der Waals surface area contributed by atoms with Gasteiger partial charge >= 0.3 is 0 Å². The molecule has 2 fully saturated rings. The van der Waals surface area contributed by atoms with Crippen molar-refractivity contribution in [2.45, 2.75) is 38.1 Å². The summed E-state index contributed by atoms with van der Waals surface area (Å²) >= 11 is 0. The molecule has 1 saturated carbocycles. The van der Waals surface area contributed by atoms with Crippen LogP contribution in [-0.2, 0) is 6.42 Å². The largest absolute Gasteiger partial charge is 0.349 e. The lowest BCUT2D eigenvalue weighted by Crippen LogP contribution is -2.38. The molecule has 5 heteroatoms. The molecule has 5 nitrogen and oxygen atoms in total. The summed E-state index contributed by atoms with van der Waals surface area (Å²) in [4.78, 5) is 30.5. The first-order chi connectivity index (χ1) is 13.2. The predicted octanol–water partition coefficient (Wildman–Crippen LogP) is 3.07. The summed E-state index contributed by atoms with van der Waals surface area (Å²) in [7, 11) is 0. The minimum atomic E-state index is 0.0336. The molecule has 1 aliphatic carbocycles. The number of piperidine rings is 1. The molecule has 0 spiro atoms. The van der Waals surface area contributed by atoms with Gasteiger partial charge in [-0.15, -0.1) is 0 Å². The minimum Gasteiger partial charge on any atom is -0.349 e. The normalized spacial score (nSPS) is 17.6. The van der Waals surface area contributed by atoms with Gasteiger partial charge in [0.15, 0.2) is 0 Å². The highest BCUT2D eigenvalue weighted by atomic mass is 16.2. The van der Waals surface area contributed by atoms with Gasteiger partial charge in [-0.1, -0.05) is 12.1 Å². The number of rotatable bonds is 5. The molecule has 27 heavy (non-hydrogen) atoms. The maximum Gasteiger partial charge on any atom is 0.255 e. The van der Waals surface area contributed by atoms with Crippen molar-refractivity contribution < 1.29 is 9.59 Å². The first-order valence-electron chi connectivity index (χ1n) is 9.78. The Morgan fingerprint density at radius 1 is 1.00 bits per heavy atom. The molecule has 2 aromatic rings. The summed E-state index contributed by atoms with van der Waals surface area (Å²) in [5.41, 5.74) is 2.66. The number of amides is 2. The van der Waals surface area contributed by atoms with Gasteiger partial charge in [-0.25, -0.2) is 0 Å². The summed E-state index contributed by atoms with van der Waals surface area (Å²) in [6.07, 6.45) is 8.54. The highest BCUT2D eigenvalue weighted by Crippen LogP contribution is 2.23. The van der Waals surface area contributed by atoms with Crippen molar-refractivity contribution in [3.63, 3.8) is 0 Å². The van der Waals surface area contributed by atoms with Crippen molar-refractivity contribution in [3.05, 3.63) is 65.5 Å². The van der Waals surface area contributed by atoms with Crippen LogP contribution in [0.2, 0.25) is 0 Å². The van der Waals surface area contributed by atoms with E-state index in [4.69, 9.17) is 0 Å².